The third-order valence-corrected chi connectivity index (χ3v) is 3.10. The van der Waals surface area contributed by atoms with Crippen LogP contribution in [0.25, 0.3) is 0 Å². The molecule has 1 N–H and O–H groups in total. The smallest absolute Gasteiger partial charge is 0.227 e. The highest BCUT2D eigenvalue weighted by atomic mass is 35.5. The average molecular weight is 324 g/mol. The summed E-state index contributed by atoms with van der Waals surface area (Å²) in [6.45, 7) is 0.154. The number of carbonyl (C=O) groups excluding carboxylic acids is 1. The summed E-state index contributed by atoms with van der Waals surface area (Å²) in [5.41, 5.74) is 0.0895. The zero-order valence-corrected chi connectivity index (χ0v) is 12.7. The summed E-state index contributed by atoms with van der Waals surface area (Å²) < 4.78 is 24.2. The number of nitrogens with one attached hydrogen (secondary N) is 1. The van der Waals surface area contributed by atoms with E-state index in [4.69, 9.17) is 21.1 Å². The number of halogens is 2. The number of benzene rings is 2. The highest BCUT2D eigenvalue weighted by Gasteiger charge is 2.09. The highest BCUT2D eigenvalue weighted by Crippen LogP contribution is 2.25. The van der Waals surface area contributed by atoms with Gasteiger partial charge >= 0.3 is 0 Å². The SMILES string of the molecule is COc1ccccc1OCCC(=O)Nc1ccc(Cl)cc1F. The van der Waals surface area contributed by atoms with Crippen molar-refractivity contribution in [2.24, 2.45) is 0 Å². The maximum Gasteiger partial charge on any atom is 0.227 e. The fourth-order valence-corrected chi connectivity index (χ4v) is 1.95. The second kappa shape index (κ2) is 7.66. The van der Waals surface area contributed by atoms with Gasteiger partial charge in [0, 0.05) is 5.02 Å². The van der Waals surface area contributed by atoms with Gasteiger partial charge in [0.25, 0.3) is 0 Å². The Hall–Kier alpha value is -2.27. The first-order chi connectivity index (χ1) is 10.6. The number of ether oxygens (including phenoxy) is 2. The summed E-state index contributed by atoms with van der Waals surface area (Å²) in [5.74, 6) is 0.213. The van der Waals surface area contributed by atoms with Crippen LogP contribution in [0.3, 0.4) is 0 Å². The van der Waals surface area contributed by atoms with Crippen LogP contribution >= 0.6 is 11.6 Å². The largest absolute Gasteiger partial charge is 0.493 e. The predicted molar refractivity (Wildman–Crippen MR) is 83.1 cm³/mol. The maximum absolute atomic E-state index is 13.5. The molecule has 0 aliphatic heterocycles. The van der Waals surface area contributed by atoms with Crippen molar-refractivity contribution >= 4 is 23.2 Å². The third-order valence-electron chi connectivity index (χ3n) is 2.86. The molecule has 6 heteroatoms. The van der Waals surface area contributed by atoms with Crippen LogP contribution in [0.2, 0.25) is 5.02 Å². The van der Waals surface area contributed by atoms with Crippen molar-refractivity contribution in [2.45, 2.75) is 6.42 Å². The van der Waals surface area contributed by atoms with Gasteiger partial charge in [0.05, 0.1) is 25.8 Å². The van der Waals surface area contributed by atoms with Gasteiger partial charge in [-0.3, -0.25) is 4.79 Å². The Kier molecular flexibility index (Phi) is 5.61. The Labute approximate surface area is 132 Å². The van der Waals surface area contributed by atoms with Gasteiger partial charge in [0.1, 0.15) is 5.82 Å². The molecule has 22 heavy (non-hydrogen) atoms. The average Bonchev–Trinajstić information content (AvgIpc) is 2.50. The molecule has 0 spiro atoms. The zero-order chi connectivity index (χ0) is 15.9. The van der Waals surface area contributed by atoms with E-state index in [0.717, 1.165) is 6.07 Å². The summed E-state index contributed by atoms with van der Waals surface area (Å²) in [5, 5.41) is 2.74. The fourth-order valence-electron chi connectivity index (χ4n) is 1.80. The van der Waals surface area contributed by atoms with Gasteiger partial charge in [0.2, 0.25) is 5.91 Å². The number of amides is 1. The minimum Gasteiger partial charge on any atom is -0.493 e. The second-order valence-electron chi connectivity index (χ2n) is 4.42. The van der Waals surface area contributed by atoms with E-state index >= 15 is 0 Å². The molecular formula is C16H15ClFNO3. The quantitative estimate of drug-likeness (QED) is 0.877. The summed E-state index contributed by atoms with van der Waals surface area (Å²) in [6.07, 6.45) is 0.0834. The van der Waals surface area contributed by atoms with Crippen LogP contribution < -0.4 is 14.8 Å². The van der Waals surface area contributed by atoms with E-state index in [1.807, 2.05) is 6.07 Å². The van der Waals surface area contributed by atoms with Crippen molar-refractivity contribution in [3.8, 4) is 11.5 Å². The Bertz CT molecular complexity index is 664. The third kappa shape index (κ3) is 4.36. The normalized spacial score (nSPS) is 10.1. The topological polar surface area (TPSA) is 47.6 Å². The lowest BCUT2D eigenvalue weighted by molar-refractivity contribution is -0.116. The number of carbonyl (C=O) groups is 1. The van der Waals surface area contributed by atoms with Gasteiger partial charge < -0.3 is 14.8 Å². The molecule has 0 aliphatic rings. The molecule has 0 fully saturated rings. The van der Waals surface area contributed by atoms with Gasteiger partial charge in [-0.15, -0.1) is 0 Å². The number of hydrogen-bond acceptors (Lipinski definition) is 3. The molecular weight excluding hydrogens is 309 g/mol. The lowest BCUT2D eigenvalue weighted by Gasteiger charge is -2.10. The molecule has 0 unspecified atom stereocenters. The highest BCUT2D eigenvalue weighted by molar-refractivity contribution is 6.30. The van der Waals surface area contributed by atoms with Crippen molar-refractivity contribution in [3.63, 3.8) is 0 Å². The molecule has 0 aliphatic carbocycles. The van der Waals surface area contributed by atoms with E-state index in [-0.39, 0.29) is 29.6 Å². The molecule has 0 aromatic heterocycles. The molecule has 0 atom stereocenters. The maximum atomic E-state index is 13.5. The summed E-state index contributed by atoms with van der Waals surface area (Å²) in [7, 11) is 1.54. The van der Waals surface area contributed by atoms with Crippen molar-refractivity contribution in [2.75, 3.05) is 19.0 Å². The van der Waals surface area contributed by atoms with E-state index in [0.29, 0.717) is 11.5 Å². The Morgan fingerprint density at radius 2 is 1.95 bits per heavy atom. The summed E-state index contributed by atoms with van der Waals surface area (Å²) in [6, 6.07) is 11.2. The van der Waals surface area contributed by atoms with Crippen molar-refractivity contribution < 1.29 is 18.7 Å². The van der Waals surface area contributed by atoms with Crippen LogP contribution in [0, 0.1) is 5.82 Å². The van der Waals surface area contributed by atoms with Crippen molar-refractivity contribution in [1.29, 1.82) is 0 Å². The monoisotopic (exact) mass is 323 g/mol. The molecule has 2 aromatic carbocycles. The van der Waals surface area contributed by atoms with Crippen molar-refractivity contribution in [3.05, 3.63) is 53.3 Å². The first-order valence-corrected chi connectivity index (χ1v) is 6.98. The van der Waals surface area contributed by atoms with Gasteiger partial charge in [0.15, 0.2) is 11.5 Å². The zero-order valence-electron chi connectivity index (χ0n) is 11.9. The minimum atomic E-state index is -0.577. The number of para-hydroxylation sites is 2. The molecule has 0 saturated heterocycles. The van der Waals surface area contributed by atoms with Crippen LogP contribution in [0.4, 0.5) is 10.1 Å². The standard InChI is InChI=1S/C16H15ClFNO3/c1-21-14-4-2-3-5-15(14)22-9-8-16(20)19-13-7-6-11(17)10-12(13)18/h2-7,10H,8-9H2,1H3,(H,19,20). The summed E-state index contributed by atoms with van der Waals surface area (Å²) >= 11 is 5.65. The molecule has 0 radical (unpaired) electrons. The van der Waals surface area contributed by atoms with Gasteiger partial charge in [-0.2, -0.15) is 0 Å². The molecule has 116 valence electrons. The Balaban J connectivity index is 1.85. The lowest BCUT2D eigenvalue weighted by atomic mass is 10.3. The molecule has 2 rings (SSSR count). The van der Waals surface area contributed by atoms with Gasteiger partial charge in [-0.1, -0.05) is 23.7 Å². The van der Waals surface area contributed by atoms with Gasteiger partial charge in [-0.05, 0) is 30.3 Å². The van der Waals surface area contributed by atoms with Crippen molar-refractivity contribution in [1.82, 2.24) is 0 Å². The van der Waals surface area contributed by atoms with Crippen LogP contribution in [0.15, 0.2) is 42.5 Å². The van der Waals surface area contributed by atoms with E-state index in [9.17, 15) is 9.18 Å². The molecule has 0 saturated carbocycles. The number of methoxy groups -OCH3 is 1. The second-order valence-corrected chi connectivity index (χ2v) is 4.86. The molecule has 0 bridgehead atoms. The number of anilines is 1. The van der Waals surface area contributed by atoms with Crippen LogP contribution in [-0.2, 0) is 4.79 Å². The van der Waals surface area contributed by atoms with E-state index in [1.54, 1.807) is 18.2 Å². The van der Waals surface area contributed by atoms with E-state index < -0.39 is 5.82 Å². The molecule has 1 amide bonds. The minimum absolute atomic E-state index is 0.0834. The number of rotatable bonds is 6. The van der Waals surface area contributed by atoms with E-state index in [1.165, 1.54) is 19.2 Å². The molecule has 4 nitrogen and oxygen atoms in total. The first-order valence-electron chi connectivity index (χ1n) is 6.61. The molecule has 2 aromatic rings. The van der Waals surface area contributed by atoms with Gasteiger partial charge in [-0.25, -0.2) is 4.39 Å². The van der Waals surface area contributed by atoms with E-state index in [2.05, 4.69) is 5.32 Å². The van der Waals surface area contributed by atoms with Crippen LogP contribution in [-0.4, -0.2) is 19.6 Å². The lowest BCUT2D eigenvalue weighted by Crippen LogP contribution is -2.16. The first kappa shape index (κ1) is 16.1. The Morgan fingerprint density at radius 3 is 2.64 bits per heavy atom. The fraction of sp³-hybridized carbons (Fsp3) is 0.188. The van der Waals surface area contributed by atoms with Crippen LogP contribution in [0.5, 0.6) is 11.5 Å². The molecule has 0 heterocycles. The summed E-state index contributed by atoms with van der Waals surface area (Å²) in [4.78, 5) is 11.8. The predicted octanol–water partition coefficient (Wildman–Crippen LogP) is 3.90. The number of hydrogen-bond donors (Lipinski definition) is 1. The van der Waals surface area contributed by atoms with Crippen LogP contribution in [0.1, 0.15) is 6.42 Å². The Morgan fingerprint density at radius 1 is 1.23 bits per heavy atom.